The predicted molar refractivity (Wildman–Crippen MR) is 151 cm³/mol. The van der Waals surface area contributed by atoms with E-state index in [1.165, 1.54) is 5.56 Å². The lowest BCUT2D eigenvalue weighted by molar-refractivity contribution is 0.134. The zero-order valence-electron chi connectivity index (χ0n) is 20.4. The van der Waals surface area contributed by atoms with Gasteiger partial charge in [0.05, 0.1) is 23.5 Å². The highest BCUT2D eigenvalue weighted by Gasteiger charge is 2.31. The molecular formula is C26H33Cl2N5OS. The maximum Gasteiger partial charge on any atom is 0.158 e. The molecule has 1 saturated heterocycles. The molecule has 1 unspecified atom stereocenters. The van der Waals surface area contributed by atoms with Gasteiger partial charge in [0.25, 0.3) is 0 Å². The Bertz CT molecular complexity index is 1170. The topological polar surface area (TPSA) is 53.0 Å². The number of piperazine rings is 1. The molecular weight excluding hydrogens is 501 g/mol. The molecule has 5 rings (SSSR count). The Morgan fingerprint density at radius 1 is 1.09 bits per heavy atom. The van der Waals surface area contributed by atoms with Crippen molar-refractivity contribution in [2.75, 3.05) is 39.1 Å². The highest BCUT2D eigenvalue weighted by atomic mass is 35.5. The van der Waals surface area contributed by atoms with Crippen LogP contribution in [0.2, 0.25) is 0 Å². The molecule has 0 aliphatic carbocycles. The van der Waals surface area contributed by atoms with Crippen LogP contribution in [-0.2, 0) is 12.8 Å². The fraction of sp³-hybridized carbons (Fsp3) is 0.385. The molecule has 1 atom stereocenters. The molecule has 3 aromatic rings. The van der Waals surface area contributed by atoms with Gasteiger partial charge in [0.15, 0.2) is 5.84 Å². The van der Waals surface area contributed by atoms with Gasteiger partial charge in [-0.05, 0) is 50.1 Å². The van der Waals surface area contributed by atoms with Crippen LogP contribution in [0.4, 0.5) is 16.4 Å². The molecule has 2 aliphatic heterocycles. The van der Waals surface area contributed by atoms with E-state index in [0.29, 0.717) is 6.04 Å². The van der Waals surface area contributed by atoms with Crippen molar-refractivity contribution in [2.24, 2.45) is 4.99 Å². The predicted octanol–water partition coefficient (Wildman–Crippen LogP) is 5.94. The van der Waals surface area contributed by atoms with Crippen molar-refractivity contribution in [2.45, 2.75) is 32.2 Å². The first-order chi connectivity index (χ1) is 16.2. The fourth-order valence-electron chi connectivity index (χ4n) is 4.62. The van der Waals surface area contributed by atoms with Crippen LogP contribution in [0.1, 0.15) is 29.6 Å². The third-order valence-electron chi connectivity index (χ3n) is 6.58. The van der Waals surface area contributed by atoms with E-state index in [-0.39, 0.29) is 24.8 Å². The van der Waals surface area contributed by atoms with Crippen molar-refractivity contribution in [1.29, 1.82) is 0 Å². The molecule has 0 amide bonds. The van der Waals surface area contributed by atoms with Crippen molar-refractivity contribution in [3.8, 4) is 5.75 Å². The number of para-hydroxylation sites is 3. The summed E-state index contributed by atoms with van der Waals surface area (Å²) in [4.78, 5) is 15.0. The summed E-state index contributed by atoms with van der Waals surface area (Å²) in [5, 5.41) is 5.83. The minimum absolute atomic E-state index is 0. The summed E-state index contributed by atoms with van der Waals surface area (Å²) in [6.45, 7) is 5.05. The van der Waals surface area contributed by atoms with Gasteiger partial charge in [-0.1, -0.05) is 37.3 Å². The van der Waals surface area contributed by atoms with Crippen LogP contribution in [0.15, 0.2) is 53.5 Å². The van der Waals surface area contributed by atoms with Gasteiger partial charge in [0.1, 0.15) is 16.4 Å². The number of halogens is 2. The lowest BCUT2D eigenvalue weighted by Gasteiger charge is -2.40. The Labute approximate surface area is 224 Å². The van der Waals surface area contributed by atoms with E-state index in [1.807, 2.05) is 18.2 Å². The Hall–Kier alpha value is -2.32. The summed E-state index contributed by atoms with van der Waals surface area (Å²) in [6, 6.07) is 17.1. The third kappa shape index (κ3) is 5.75. The minimum Gasteiger partial charge on any atom is -0.496 e. The average molecular weight is 535 g/mol. The van der Waals surface area contributed by atoms with E-state index < -0.39 is 0 Å². The number of nitrogens with zero attached hydrogens (tertiary/aromatic N) is 4. The van der Waals surface area contributed by atoms with Gasteiger partial charge < -0.3 is 15.0 Å². The van der Waals surface area contributed by atoms with Crippen molar-refractivity contribution < 1.29 is 4.74 Å². The number of ether oxygens (including phenoxy) is 1. The van der Waals surface area contributed by atoms with E-state index in [1.54, 1.807) is 18.4 Å². The molecule has 0 bridgehead atoms. The zero-order valence-corrected chi connectivity index (χ0v) is 22.8. The molecule has 2 aliphatic rings. The third-order valence-corrected chi connectivity index (χ3v) is 7.70. The van der Waals surface area contributed by atoms with Crippen LogP contribution < -0.4 is 10.1 Å². The molecule has 6 nitrogen and oxygen atoms in total. The second kappa shape index (κ2) is 12.1. The van der Waals surface area contributed by atoms with Gasteiger partial charge in [0, 0.05) is 25.7 Å². The van der Waals surface area contributed by atoms with Crippen molar-refractivity contribution in [1.82, 2.24) is 14.8 Å². The van der Waals surface area contributed by atoms with Gasteiger partial charge >= 0.3 is 0 Å². The fourth-order valence-corrected chi connectivity index (χ4v) is 5.53. The summed E-state index contributed by atoms with van der Waals surface area (Å²) < 4.78 is 5.57. The van der Waals surface area contributed by atoms with Crippen molar-refractivity contribution in [3.63, 3.8) is 0 Å². The number of hydrogen-bond acceptors (Lipinski definition) is 7. The average Bonchev–Trinajstić information content (AvgIpc) is 3.19. The molecule has 9 heteroatoms. The first-order valence-corrected chi connectivity index (χ1v) is 12.5. The van der Waals surface area contributed by atoms with Crippen LogP contribution in [0.5, 0.6) is 5.75 Å². The minimum atomic E-state index is 0. The number of hydrogen-bond donors (Lipinski definition) is 1. The van der Waals surface area contributed by atoms with Crippen LogP contribution in [-0.4, -0.2) is 60.5 Å². The summed E-state index contributed by atoms with van der Waals surface area (Å²) in [5.74, 6) is 1.97. The number of rotatable bonds is 5. The summed E-state index contributed by atoms with van der Waals surface area (Å²) in [7, 11) is 3.98. The van der Waals surface area contributed by atoms with Crippen LogP contribution >= 0.6 is 36.2 Å². The number of likely N-dealkylation sites (N-methyl/N-ethyl adjacent to an activating group) is 1. The first kappa shape index (κ1) is 27.3. The largest absolute Gasteiger partial charge is 0.496 e. The van der Waals surface area contributed by atoms with Gasteiger partial charge in [-0.2, -0.15) is 0 Å². The molecule has 188 valence electrons. The Kier molecular flexibility index (Phi) is 9.41. The zero-order chi connectivity index (χ0) is 22.8. The number of aliphatic imine (C=N–C) groups is 1. The number of methoxy groups -OCH3 is 1. The van der Waals surface area contributed by atoms with E-state index in [4.69, 9.17) is 14.7 Å². The molecule has 1 aromatic heterocycles. The number of aryl methyl sites for hydroxylation is 2. The number of anilines is 2. The second-order valence-corrected chi connectivity index (χ2v) is 9.73. The number of benzene rings is 2. The van der Waals surface area contributed by atoms with Crippen LogP contribution in [0, 0.1) is 0 Å². The van der Waals surface area contributed by atoms with Gasteiger partial charge in [0.2, 0.25) is 0 Å². The SMILES string of the molecule is CCc1nc2c(s1)Nc1ccccc1N=C2N1CCN(C)C(CCc2ccccc2OC)C1.Cl.Cl. The molecule has 0 saturated carbocycles. The maximum atomic E-state index is 5.57. The molecule has 0 radical (unpaired) electrons. The van der Waals surface area contributed by atoms with Gasteiger partial charge in [-0.15, -0.1) is 36.2 Å². The number of aromatic nitrogens is 1. The van der Waals surface area contributed by atoms with Crippen molar-refractivity contribution in [3.05, 3.63) is 64.8 Å². The summed E-state index contributed by atoms with van der Waals surface area (Å²) >= 11 is 1.74. The Balaban J connectivity index is 0.00000171. The van der Waals surface area contributed by atoms with Crippen LogP contribution in [0.25, 0.3) is 0 Å². The highest BCUT2D eigenvalue weighted by Crippen LogP contribution is 2.38. The molecule has 1 N–H and O–H groups in total. The maximum absolute atomic E-state index is 5.57. The smallest absolute Gasteiger partial charge is 0.158 e. The van der Waals surface area contributed by atoms with E-state index >= 15 is 0 Å². The van der Waals surface area contributed by atoms with E-state index in [9.17, 15) is 0 Å². The lowest BCUT2D eigenvalue weighted by Crippen LogP contribution is -2.53. The number of amidine groups is 1. The number of nitrogens with one attached hydrogen (secondary N) is 1. The van der Waals surface area contributed by atoms with Gasteiger partial charge in [-0.3, -0.25) is 4.90 Å². The van der Waals surface area contributed by atoms with Crippen LogP contribution in [0.3, 0.4) is 0 Å². The molecule has 2 aromatic carbocycles. The first-order valence-electron chi connectivity index (χ1n) is 11.7. The van der Waals surface area contributed by atoms with Gasteiger partial charge in [-0.25, -0.2) is 9.98 Å². The lowest BCUT2D eigenvalue weighted by atomic mass is 10.0. The molecule has 35 heavy (non-hydrogen) atoms. The normalized spacial score (nSPS) is 17.1. The monoisotopic (exact) mass is 533 g/mol. The Morgan fingerprint density at radius 3 is 2.66 bits per heavy atom. The highest BCUT2D eigenvalue weighted by molar-refractivity contribution is 7.16. The van der Waals surface area contributed by atoms with Crippen molar-refractivity contribution >= 4 is 58.4 Å². The number of fused-ring (bicyclic) bond motifs is 2. The molecule has 1 fully saturated rings. The quantitative estimate of drug-likeness (QED) is 0.439. The standard InChI is InChI=1S/C26H31N5OS.2ClH/c1-4-23-29-24-25(27-20-10-6-7-11-21(20)28-26(24)33-23)31-16-15-30(2)19(17-31)14-13-18-9-5-8-12-22(18)32-3;;/h5-12,19,28H,4,13-17H2,1-3H3;2*1H. The van der Waals surface area contributed by atoms with E-state index in [0.717, 1.165) is 77.6 Å². The molecule has 3 heterocycles. The summed E-state index contributed by atoms with van der Waals surface area (Å²) in [5.41, 5.74) is 4.27. The number of thiazole rings is 1. The molecule has 0 spiro atoms. The second-order valence-electron chi connectivity index (χ2n) is 8.65. The van der Waals surface area contributed by atoms with E-state index in [2.05, 4.69) is 59.4 Å². The Morgan fingerprint density at radius 2 is 1.86 bits per heavy atom. The summed E-state index contributed by atoms with van der Waals surface area (Å²) in [6.07, 6.45) is 2.99.